The lowest BCUT2D eigenvalue weighted by molar-refractivity contribution is 0.0869. The summed E-state index contributed by atoms with van der Waals surface area (Å²) in [5, 5.41) is 9.29. The predicted octanol–water partition coefficient (Wildman–Crippen LogP) is 4.48. The number of para-hydroxylation sites is 1. The van der Waals surface area contributed by atoms with Gasteiger partial charge in [-0.3, -0.25) is 0 Å². The molecular formula is C17H23NO. The molecular weight excluding hydrogens is 234 g/mol. The minimum absolute atomic E-state index is 0.0488. The summed E-state index contributed by atoms with van der Waals surface area (Å²) in [6.07, 6.45) is 5.74. The van der Waals surface area contributed by atoms with Crippen molar-refractivity contribution >= 4 is 0 Å². The first-order valence-electron chi connectivity index (χ1n) is 7.36. The van der Waals surface area contributed by atoms with Gasteiger partial charge in [0.05, 0.1) is 12.0 Å². The van der Waals surface area contributed by atoms with Crippen molar-refractivity contribution in [2.24, 2.45) is 11.8 Å². The second kappa shape index (κ2) is 6.61. The average molecular weight is 257 g/mol. The van der Waals surface area contributed by atoms with Gasteiger partial charge >= 0.3 is 0 Å². The highest BCUT2D eigenvalue weighted by atomic mass is 16.5. The third kappa shape index (κ3) is 3.50. The fourth-order valence-electron chi connectivity index (χ4n) is 3.01. The van der Waals surface area contributed by atoms with E-state index in [1.807, 2.05) is 18.2 Å². The van der Waals surface area contributed by atoms with Crippen LogP contribution in [0.15, 0.2) is 24.3 Å². The predicted molar refractivity (Wildman–Crippen MR) is 76.9 cm³/mol. The first-order valence-corrected chi connectivity index (χ1v) is 7.36. The van der Waals surface area contributed by atoms with Crippen molar-refractivity contribution in [1.82, 2.24) is 0 Å². The van der Waals surface area contributed by atoms with Crippen LogP contribution in [-0.4, -0.2) is 6.10 Å². The highest BCUT2D eigenvalue weighted by molar-refractivity contribution is 5.32. The standard InChI is InChI=1S/C17H23NO/c1-3-6-14-9-10-15(12-18)17(11-14)19-16-8-5-4-7-13(16)2/h4-5,7-8,14-15,17H,3,6,9-11H2,1-2H3. The molecule has 1 aromatic rings. The van der Waals surface area contributed by atoms with Crippen molar-refractivity contribution in [3.05, 3.63) is 29.8 Å². The van der Waals surface area contributed by atoms with Gasteiger partial charge in [0.2, 0.25) is 0 Å². The highest BCUT2D eigenvalue weighted by Crippen LogP contribution is 2.34. The van der Waals surface area contributed by atoms with Crippen molar-refractivity contribution in [3.8, 4) is 11.8 Å². The molecule has 0 amide bonds. The molecule has 1 aromatic carbocycles. The van der Waals surface area contributed by atoms with Crippen molar-refractivity contribution < 1.29 is 4.74 Å². The Bertz CT molecular complexity index is 449. The van der Waals surface area contributed by atoms with Gasteiger partial charge in [-0.15, -0.1) is 0 Å². The zero-order chi connectivity index (χ0) is 13.7. The van der Waals surface area contributed by atoms with E-state index in [4.69, 9.17) is 4.74 Å². The monoisotopic (exact) mass is 257 g/mol. The summed E-state index contributed by atoms with van der Waals surface area (Å²) in [7, 11) is 0. The summed E-state index contributed by atoms with van der Waals surface area (Å²) in [5.41, 5.74) is 1.15. The molecule has 2 rings (SSSR count). The maximum Gasteiger partial charge on any atom is 0.122 e. The average Bonchev–Trinajstić information content (AvgIpc) is 2.42. The lowest BCUT2D eigenvalue weighted by Crippen LogP contribution is -2.33. The van der Waals surface area contributed by atoms with Crippen LogP contribution < -0.4 is 4.74 Å². The van der Waals surface area contributed by atoms with Crippen molar-refractivity contribution in [2.75, 3.05) is 0 Å². The van der Waals surface area contributed by atoms with Crippen LogP contribution in [0.25, 0.3) is 0 Å². The van der Waals surface area contributed by atoms with Crippen LogP contribution in [0.1, 0.15) is 44.6 Å². The molecule has 102 valence electrons. The summed E-state index contributed by atoms with van der Waals surface area (Å²) in [6, 6.07) is 10.5. The number of nitriles is 1. The Kier molecular flexibility index (Phi) is 4.85. The zero-order valence-electron chi connectivity index (χ0n) is 11.9. The SMILES string of the molecule is CCCC1CCC(C#N)C(Oc2ccccc2C)C1. The normalized spacial score (nSPS) is 26.7. The first-order chi connectivity index (χ1) is 9.24. The molecule has 0 N–H and O–H groups in total. The zero-order valence-corrected chi connectivity index (χ0v) is 11.9. The molecule has 2 heteroatoms. The largest absolute Gasteiger partial charge is 0.489 e. The number of nitrogens with zero attached hydrogens (tertiary/aromatic N) is 1. The molecule has 0 spiro atoms. The fourth-order valence-corrected chi connectivity index (χ4v) is 3.01. The van der Waals surface area contributed by atoms with Gasteiger partial charge in [0.15, 0.2) is 0 Å². The van der Waals surface area contributed by atoms with Gasteiger partial charge in [-0.2, -0.15) is 5.26 Å². The lowest BCUT2D eigenvalue weighted by atomic mass is 9.78. The van der Waals surface area contributed by atoms with E-state index in [1.165, 1.54) is 19.3 Å². The molecule has 0 bridgehead atoms. The summed E-state index contributed by atoms with van der Waals surface area (Å²) in [6.45, 7) is 4.29. The molecule has 3 unspecified atom stereocenters. The molecule has 0 aliphatic heterocycles. The van der Waals surface area contributed by atoms with Gasteiger partial charge in [0.25, 0.3) is 0 Å². The van der Waals surface area contributed by atoms with Gasteiger partial charge in [-0.25, -0.2) is 0 Å². The van der Waals surface area contributed by atoms with E-state index in [9.17, 15) is 5.26 Å². The molecule has 1 aliphatic carbocycles. The van der Waals surface area contributed by atoms with Crippen LogP contribution in [-0.2, 0) is 0 Å². The summed E-state index contributed by atoms with van der Waals surface area (Å²) < 4.78 is 6.14. The molecule has 19 heavy (non-hydrogen) atoms. The molecule has 3 atom stereocenters. The van der Waals surface area contributed by atoms with E-state index in [-0.39, 0.29) is 12.0 Å². The van der Waals surface area contributed by atoms with E-state index in [2.05, 4.69) is 26.0 Å². The summed E-state index contributed by atoms with van der Waals surface area (Å²) in [5.74, 6) is 1.71. The van der Waals surface area contributed by atoms with Crippen LogP contribution in [0.3, 0.4) is 0 Å². The van der Waals surface area contributed by atoms with Crippen molar-refractivity contribution in [3.63, 3.8) is 0 Å². The molecule has 0 radical (unpaired) electrons. The Morgan fingerprint density at radius 3 is 2.79 bits per heavy atom. The molecule has 1 aliphatic rings. The van der Waals surface area contributed by atoms with E-state index in [1.54, 1.807) is 0 Å². The van der Waals surface area contributed by atoms with Gasteiger partial charge in [-0.1, -0.05) is 38.0 Å². The van der Waals surface area contributed by atoms with Crippen LogP contribution in [0.2, 0.25) is 0 Å². The Hall–Kier alpha value is -1.49. The Morgan fingerprint density at radius 2 is 2.11 bits per heavy atom. The molecule has 1 fully saturated rings. The third-order valence-corrected chi connectivity index (χ3v) is 4.14. The quantitative estimate of drug-likeness (QED) is 0.796. The number of hydrogen-bond acceptors (Lipinski definition) is 2. The van der Waals surface area contributed by atoms with Gasteiger partial charge in [0.1, 0.15) is 11.9 Å². The second-order valence-corrected chi connectivity index (χ2v) is 5.63. The Labute approximate surface area is 116 Å². The Morgan fingerprint density at radius 1 is 1.32 bits per heavy atom. The van der Waals surface area contributed by atoms with E-state index in [0.717, 1.165) is 30.1 Å². The minimum Gasteiger partial charge on any atom is -0.489 e. The fraction of sp³-hybridized carbons (Fsp3) is 0.588. The molecule has 0 saturated heterocycles. The lowest BCUT2D eigenvalue weighted by Gasteiger charge is -2.33. The van der Waals surface area contributed by atoms with Crippen molar-refractivity contribution in [2.45, 2.75) is 52.1 Å². The molecule has 0 heterocycles. The van der Waals surface area contributed by atoms with Gasteiger partial charge in [-0.05, 0) is 43.7 Å². The van der Waals surface area contributed by atoms with Crippen LogP contribution in [0.5, 0.6) is 5.75 Å². The maximum absolute atomic E-state index is 9.29. The van der Waals surface area contributed by atoms with E-state index >= 15 is 0 Å². The van der Waals surface area contributed by atoms with Gasteiger partial charge in [0, 0.05) is 0 Å². The molecule has 0 aromatic heterocycles. The number of ether oxygens (including phenoxy) is 1. The number of benzene rings is 1. The third-order valence-electron chi connectivity index (χ3n) is 4.14. The number of hydrogen-bond donors (Lipinski definition) is 0. The van der Waals surface area contributed by atoms with E-state index < -0.39 is 0 Å². The maximum atomic E-state index is 9.29. The Balaban J connectivity index is 2.07. The smallest absolute Gasteiger partial charge is 0.122 e. The molecule has 2 nitrogen and oxygen atoms in total. The van der Waals surface area contributed by atoms with Crippen LogP contribution in [0, 0.1) is 30.1 Å². The van der Waals surface area contributed by atoms with Crippen LogP contribution >= 0.6 is 0 Å². The summed E-state index contributed by atoms with van der Waals surface area (Å²) >= 11 is 0. The molecule has 1 saturated carbocycles. The first kappa shape index (κ1) is 13.9. The number of rotatable bonds is 4. The van der Waals surface area contributed by atoms with Crippen LogP contribution in [0.4, 0.5) is 0 Å². The van der Waals surface area contributed by atoms with E-state index in [0.29, 0.717) is 0 Å². The topological polar surface area (TPSA) is 33.0 Å². The van der Waals surface area contributed by atoms with Crippen molar-refractivity contribution in [1.29, 1.82) is 5.26 Å². The minimum atomic E-state index is 0.0488. The summed E-state index contributed by atoms with van der Waals surface area (Å²) in [4.78, 5) is 0. The second-order valence-electron chi connectivity index (χ2n) is 5.63. The number of aryl methyl sites for hydroxylation is 1. The highest BCUT2D eigenvalue weighted by Gasteiger charge is 2.31. The van der Waals surface area contributed by atoms with Gasteiger partial charge < -0.3 is 4.74 Å².